The van der Waals surface area contributed by atoms with Gasteiger partial charge in [-0.2, -0.15) is 0 Å². The predicted molar refractivity (Wildman–Crippen MR) is 70.4 cm³/mol. The molecule has 2 aromatic rings. The van der Waals surface area contributed by atoms with Gasteiger partial charge in [0, 0.05) is 17.8 Å². The van der Waals surface area contributed by atoms with Gasteiger partial charge in [0.2, 0.25) is 10.0 Å². The van der Waals surface area contributed by atoms with Crippen molar-refractivity contribution in [2.75, 3.05) is 12.3 Å². The second kappa shape index (κ2) is 5.21. The average molecular weight is 263 g/mol. The third-order valence-corrected chi connectivity index (χ3v) is 3.78. The van der Waals surface area contributed by atoms with E-state index in [1.54, 1.807) is 19.3 Å². The Bertz CT molecular complexity index is 707. The maximum absolute atomic E-state index is 11.2. The first kappa shape index (κ1) is 12.6. The zero-order valence-electron chi connectivity index (χ0n) is 9.90. The van der Waals surface area contributed by atoms with Crippen molar-refractivity contribution in [2.24, 2.45) is 0 Å². The molecule has 2 heterocycles. The zero-order chi connectivity index (χ0) is 13.0. The molecule has 0 saturated heterocycles. The molecule has 0 amide bonds. The molecule has 0 aliphatic heterocycles. The van der Waals surface area contributed by atoms with Crippen LogP contribution < -0.4 is 4.72 Å². The highest BCUT2D eigenvalue weighted by Crippen LogP contribution is 2.13. The van der Waals surface area contributed by atoms with Crippen LogP contribution >= 0.6 is 0 Å². The van der Waals surface area contributed by atoms with Gasteiger partial charge in [-0.15, -0.1) is 0 Å². The molecule has 2 aromatic heterocycles. The minimum atomic E-state index is -3.18. The smallest absolute Gasteiger partial charge is 0.212 e. The van der Waals surface area contributed by atoms with Crippen LogP contribution in [-0.4, -0.2) is 30.7 Å². The number of aromatic amines is 1. The molecule has 18 heavy (non-hydrogen) atoms. The number of H-pyrrole nitrogens is 1. The minimum Gasteiger partial charge on any atom is -0.345 e. The van der Waals surface area contributed by atoms with Gasteiger partial charge in [-0.3, -0.25) is 0 Å². The molecule has 2 N–H and O–H groups in total. The molecule has 0 aliphatic carbocycles. The average Bonchev–Trinajstić information content (AvgIpc) is 2.78. The topological polar surface area (TPSA) is 74.8 Å². The van der Waals surface area contributed by atoms with Crippen molar-refractivity contribution >= 4 is 21.1 Å². The lowest BCUT2D eigenvalue weighted by molar-refractivity contribution is 0.587. The Hall–Kier alpha value is -1.84. The van der Waals surface area contributed by atoms with Gasteiger partial charge in [0.25, 0.3) is 0 Å². The van der Waals surface area contributed by atoms with E-state index in [-0.39, 0.29) is 12.3 Å². The SMILES string of the molecule is CCS(=O)(=O)NCC#Cc1c[nH]c2ncccc12. The van der Waals surface area contributed by atoms with E-state index in [0.29, 0.717) is 0 Å². The molecule has 0 spiro atoms. The van der Waals surface area contributed by atoms with Crippen LogP contribution in [0.15, 0.2) is 24.5 Å². The highest BCUT2D eigenvalue weighted by Gasteiger charge is 2.03. The lowest BCUT2D eigenvalue weighted by atomic mass is 10.2. The predicted octanol–water partition coefficient (Wildman–Crippen LogP) is 0.854. The van der Waals surface area contributed by atoms with Gasteiger partial charge in [0.15, 0.2) is 0 Å². The molecule has 0 aromatic carbocycles. The number of nitrogens with one attached hydrogen (secondary N) is 2. The first-order valence-corrected chi connectivity index (χ1v) is 7.16. The lowest BCUT2D eigenvalue weighted by Gasteiger charge is -1.97. The molecular formula is C12H13N3O2S. The number of rotatable bonds is 3. The number of fused-ring (bicyclic) bond motifs is 1. The van der Waals surface area contributed by atoms with Gasteiger partial charge in [-0.05, 0) is 19.1 Å². The maximum Gasteiger partial charge on any atom is 0.212 e. The molecule has 0 unspecified atom stereocenters. The standard InChI is InChI=1S/C12H13N3O2S/c1-2-18(16,17)15-8-3-5-10-9-14-12-11(10)6-4-7-13-12/h4,6-7,9,15H,2,8H2,1H3,(H,13,14). The number of sulfonamides is 1. The highest BCUT2D eigenvalue weighted by molar-refractivity contribution is 7.89. The summed E-state index contributed by atoms with van der Waals surface area (Å²) in [6, 6.07) is 3.75. The van der Waals surface area contributed by atoms with E-state index in [4.69, 9.17) is 0 Å². The van der Waals surface area contributed by atoms with E-state index in [1.165, 1.54) is 0 Å². The summed E-state index contributed by atoms with van der Waals surface area (Å²) in [7, 11) is -3.18. The lowest BCUT2D eigenvalue weighted by Crippen LogP contribution is -2.25. The largest absolute Gasteiger partial charge is 0.345 e. The van der Waals surface area contributed by atoms with Gasteiger partial charge in [-0.1, -0.05) is 11.8 Å². The normalized spacial score (nSPS) is 11.2. The number of aromatic nitrogens is 2. The van der Waals surface area contributed by atoms with E-state index in [1.807, 2.05) is 12.1 Å². The molecule has 6 heteroatoms. The minimum absolute atomic E-state index is 0.0612. The Balaban J connectivity index is 2.11. The van der Waals surface area contributed by atoms with E-state index in [2.05, 4.69) is 26.5 Å². The van der Waals surface area contributed by atoms with Crippen LogP contribution in [0.5, 0.6) is 0 Å². The second-order valence-corrected chi connectivity index (χ2v) is 5.72. The summed E-state index contributed by atoms with van der Waals surface area (Å²) < 4.78 is 24.7. The summed E-state index contributed by atoms with van der Waals surface area (Å²) in [4.78, 5) is 7.15. The van der Waals surface area contributed by atoms with Crippen molar-refractivity contribution in [3.8, 4) is 11.8 Å². The highest BCUT2D eigenvalue weighted by atomic mass is 32.2. The van der Waals surface area contributed by atoms with E-state index in [0.717, 1.165) is 16.6 Å². The van der Waals surface area contributed by atoms with Gasteiger partial charge in [0.05, 0.1) is 17.9 Å². The van der Waals surface area contributed by atoms with Crippen molar-refractivity contribution in [1.82, 2.24) is 14.7 Å². The molecule has 0 bridgehead atoms. The van der Waals surface area contributed by atoms with Crippen molar-refractivity contribution in [2.45, 2.75) is 6.92 Å². The van der Waals surface area contributed by atoms with Gasteiger partial charge < -0.3 is 4.98 Å². The number of hydrogen-bond donors (Lipinski definition) is 2. The monoisotopic (exact) mass is 263 g/mol. The Morgan fingerprint density at radius 3 is 3.11 bits per heavy atom. The molecule has 94 valence electrons. The van der Waals surface area contributed by atoms with Crippen LogP contribution in [0, 0.1) is 11.8 Å². The third-order valence-electron chi connectivity index (χ3n) is 2.43. The van der Waals surface area contributed by atoms with Gasteiger partial charge in [-0.25, -0.2) is 18.1 Å². The van der Waals surface area contributed by atoms with E-state index < -0.39 is 10.0 Å². The fourth-order valence-electron chi connectivity index (χ4n) is 1.45. The van der Waals surface area contributed by atoms with E-state index >= 15 is 0 Å². The summed E-state index contributed by atoms with van der Waals surface area (Å²) >= 11 is 0. The molecule has 0 radical (unpaired) electrons. The van der Waals surface area contributed by atoms with Crippen LogP contribution in [-0.2, 0) is 10.0 Å². The molecule has 0 fully saturated rings. The van der Waals surface area contributed by atoms with Crippen LogP contribution in [0.2, 0.25) is 0 Å². The van der Waals surface area contributed by atoms with Crippen molar-refractivity contribution in [3.63, 3.8) is 0 Å². The van der Waals surface area contributed by atoms with Crippen molar-refractivity contribution in [1.29, 1.82) is 0 Å². The molecular weight excluding hydrogens is 250 g/mol. The molecule has 0 aliphatic rings. The second-order valence-electron chi connectivity index (χ2n) is 3.63. The van der Waals surface area contributed by atoms with Gasteiger partial charge >= 0.3 is 0 Å². The first-order chi connectivity index (χ1) is 8.62. The Labute approximate surface area is 106 Å². The fraction of sp³-hybridized carbons (Fsp3) is 0.250. The summed E-state index contributed by atoms with van der Waals surface area (Å²) in [6.45, 7) is 1.70. The molecule has 0 atom stereocenters. The molecule has 2 rings (SSSR count). The van der Waals surface area contributed by atoms with E-state index in [9.17, 15) is 8.42 Å². The number of pyridine rings is 1. The van der Waals surface area contributed by atoms with Gasteiger partial charge in [0.1, 0.15) is 5.65 Å². The quantitative estimate of drug-likeness (QED) is 0.806. The van der Waals surface area contributed by atoms with Crippen molar-refractivity contribution < 1.29 is 8.42 Å². The molecule has 5 nitrogen and oxygen atoms in total. The zero-order valence-corrected chi connectivity index (χ0v) is 10.7. The Kier molecular flexibility index (Phi) is 3.65. The fourth-order valence-corrected chi connectivity index (χ4v) is 1.94. The van der Waals surface area contributed by atoms with Crippen molar-refractivity contribution in [3.05, 3.63) is 30.1 Å². The van der Waals surface area contributed by atoms with Crippen LogP contribution in [0.1, 0.15) is 12.5 Å². The summed E-state index contributed by atoms with van der Waals surface area (Å²) in [5.41, 5.74) is 1.59. The Morgan fingerprint density at radius 1 is 1.50 bits per heavy atom. The summed E-state index contributed by atoms with van der Waals surface area (Å²) in [5, 5.41) is 0.934. The maximum atomic E-state index is 11.2. The Morgan fingerprint density at radius 2 is 2.33 bits per heavy atom. The summed E-state index contributed by atoms with van der Waals surface area (Å²) in [6.07, 6.45) is 3.46. The number of hydrogen-bond acceptors (Lipinski definition) is 3. The molecule has 0 saturated carbocycles. The van der Waals surface area contributed by atoms with Crippen LogP contribution in [0.4, 0.5) is 0 Å². The first-order valence-electron chi connectivity index (χ1n) is 5.50. The van der Waals surface area contributed by atoms with Crippen LogP contribution in [0.25, 0.3) is 11.0 Å². The summed E-state index contributed by atoms with van der Waals surface area (Å²) in [5.74, 6) is 5.76. The number of nitrogens with zero attached hydrogens (tertiary/aromatic N) is 1. The third kappa shape index (κ3) is 2.88. The van der Waals surface area contributed by atoms with Crippen LogP contribution in [0.3, 0.4) is 0 Å².